The number of aldehydes is 1. The van der Waals surface area contributed by atoms with Gasteiger partial charge in [-0.05, 0) is 24.6 Å². The first-order valence-corrected chi connectivity index (χ1v) is 5.68. The van der Waals surface area contributed by atoms with Crippen LogP contribution in [-0.2, 0) is 9.53 Å². The number of ether oxygens (including phenoxy) is 1. The number of benzene rings is 1. The zero-order valence-electron chi connectivity index (χ0n) is 10.6. The van der Waals surface area contributed by atoms with Crippen molar-refractivity contribution in [2.24, 2.45) is 0 Å². The SMILES string of the molecule is CCOC(=O)C(O)C(O)c1ccc([N+](=O)[O-])c(C=O)c1. The number of esters is 1. The third kappa shape index (κ3) is 3.37. The molecule has 0 fully saturated rings. The van der Waals surface area contributed by atoms with E-state index in [-0.39, 0.29) is 24.0 Å². The highest BCUT2D eigenvalue weighted by Crippen LogP contribution is 2.24. The van der Waals surface area contributed by atoms with Gasteiger partial charge in [-0.3, -0.25) is 14.9 Å². The zero-order chi connectivity index (χ0) is 15.3. The summed E-state index contributed by atoms with van der Waals surface area (Å²) in [6, 6.07) is 3.21. The average Bonchev–Trinajstić information content (AvgIpc) is 2.44. The van der Waals surface area contributed by atoms with Gasteiger partial charge in [-0.2, -0.15) is 0 Å². The molecule has 0 heterocycles. The Morgan fingerprint density at radius 2 is 2.15 bits per heavy atom. The van der Waals surface area contributed by atoms with E-state index in [1.165, 1.54) is 6.92 Å². The first-order valence-electron chi connectivity index (χ1n) is 5.68. The largest absolute Gasteiger partial charge is 0.464 e. The fourth-order valence-corrected chi connectivity index (χ4v) is 1.56. The maximum absolute atomic E-state index is 11.3. The molecule has 1 aromatic rings. The summed E-state index contributed by atoms with van der Waals surface area (Å²) in [7, 11) is 0. The summed E-state index contributed by atoms with van der Waals surface area (Å²) in [4.78, 5) is 32.0. The third-order valence-electron chi connectivity index (χ3n) is 2.54. The topological polar surface area (TPSA) is 127 Å². The zero-order valence-corrected chi connectivity index (χ0v) is 10.6. The fraction of sp³-hybridized carbons (Fsp3) is 0.333. The van der Waals surface area contributed by atoms with Crippen LogP contribution < -0.4 is 0 Å². The Hall–Kier alpha value is -2.32. The maximum Gasteiger partial charge on any atom is 0.338 e. The minimum atomic E-state index is -1.84. The van der Waals surface area contributed by atoms with E-state index >= 15 is 0 Å². The minimum Gasteiger partial charge on any atom is -0.464 e. The van der Waals surface area contributed by atoms with E-state index in [1.807, 2.05) is 0 Å². The van der Waals surface area contributed by atoms with E-state index < -0.39 is 28.8 Å². The molecule has 0 aliphatic heterocycles. The molecule has 8 heteroatoms. The van der Waals surface area contributed by atoms with Crippen molar-refractivity contribution in [3.8, 4) is 0 Å². The summed E-state index contributed by atoms with van der Waals surface area (Å²) in [6.45, 7) is 1.57. The van der Waals surface area contributed by atoms with Gasteiger partial charge in [0.2, 0.25) is 0 Å². The Labute approximate surface area is 113 Å². The second-order valence-corrected chi connectivity index (χ2v) is 3.83. The number of carbonyl (C=O) groups excluding carboxylic acids is 2. The van der Waals surface area contributed by atoms with Gasteiger partial charge >= 0.3 is 5.97 Å². The van der Waals surface area contributed by atoms with Crippen molar-refractivity contribution in [2.75, 3.05) is 6.61 Å². The van der Waals surface area contributed by atoms with Gasteiger partial charge in [0.15, 0.2) is 12.4 Å². The third-order valence-corrected chi connectivity index (χ3v) is 2.54. The molecule has 2 unspecified atom stereocenters. The highest BCUT2D eigenvalue weighted by molar-refractivity contribution is 5.82. The van der Waals surface area contributed by atoms with Crippen molar-refractivity contribution in [3.05, 3.63) is 39.4 Å². The van der Waals surface area contributed by atoms with E-state index in [9.17, 15) is 29.9 Å². The van der Waals surface area contributed by atoms with Crippen molar-refractivity contribution in [1.29, 1.82) is 0 Å². The summed E-state index contributed by atoms with van der Waals surface area (Å²) < 4.78 is 4.54. The number of nitro groups is 1. The van der Waals surface area contributed by atoms with Crippen LogP contribution in [0.25, 0.3) is 0 Å². The van der Waals surface area contributed by atoms with Crippen LogP contribution >= 0.6 is 0 Å². The Kier molecular flexibility index (Phi) is 5.30. The molecule has 0 amide bonds. The summed E-state index contributed by atoms with van der Waals surface area (Å²) in [6.07, 6.45) is -3.23. The molecule has 2 atom stereocenters. The molecular formula is C12H13NO7. The molecule has 8 nitrogen and oxygen atoms in total. The Morgan fingerprint density at radius 3 is 2.65 bits per heavy atom. The van der Waals surface area contributed by atoms with Crippen molar-refractivity contribution in [3.63, 3.8) is 0 Å². The number of hydrogen-bond acceptors (Lipinski definition) is 7. The molecule has 1 rings (SSSR count). The van der Waals surface area contributed by atoms with Crippen LogP contribution in [0, 0.1) is 10.1 Å². The van der Waals surface area contributed by atoms with Crippen molar-refractivity contribution in [2.45, 2.75) is 19.1 Å². The molecule has 1 aromatic carbocycles. The Bertz CT molecular complexity index is 529. The molecule has 0 spiro atoms. The van der Waals surface area contributed by atoms with E-state index in [2.05, 4.69) is 4.74 Å². The number of nitrogens with zero attached hydrogens (tertiary/aromatic N) is 1. The van der Waals surface area contributed by atoms with Crippen molar-refractivity contribution < 1.29 is 29.5 Å². The Balaban J connectivity index is 3.05. The molecule has 0 radical (unpaired) electrons. The molecule has 2 N–H and O–H groups in total. The second kappa shape index (κ2) is 6.73. The van der Waals surface area contributed by atoms with Crippen LogP contribution in [-0.4, -0.2) is 40.1 Å². The molecular weight excluding hydrogens is 270 g/mol. The van der Waals surface area contributed by atoms with E-state index in [0.717, 1.165) is 18.2 Å². The van der Waals surface area contributed by atoms with Crippen molar-refractivity contribution in [1.82, 2.24) is 0 Å². The van der Waals surface area contributed by atoms with Crippen LogP contribution in [0.5, 0.6) is 0 Å². The van der Waals surface area contributed by atoms with Crippen LogP contribution in [0.3, 0.4) is 0 Å². The predicted molar refractivity (Wildman–Crippen MR) is 66.1 cm³/mol. The summed E-state index contributed by atoms with van der Waals surface area (Å²) >= 11 is 0. The van der Waals surface area contributed by atoms with E-state index in [1.54, 1.807) is 0 Å². The summed E-state index contributed by atoms with van der Waals surface area (Å²) in [5, 5.41) is 30.0. The van der Waals surface area contributed by atoms with Crippen molar-refractivity contribution >= 4 is 17.9 Å². The summed E-state index contributed by atoms with van der Waals surface area (Å²) in [5.41, 5.74) is -0.692. The van der Waals surface area contributed by atoms with Gasteiger partial charge in [-0.25, -0.2) is 4.79 Å². The van der Waals surface area contributed by atoms with Gasteiger partial charge < -0.3 is 14.9 Å². The number of hydrogen-bond donors (Lipinski definition) is 2. The number of aliphatic hydroxyl groups is 2. The van der Waals surface area contributed by atoms with E-state index in [4.69, 9.17) is 0 Å². The number of rotatable bonds is 6. The van der Waals surface area contributed by atoms with Gasteiger partial charge in [0.25, 0.3) is 5.69 Å². The molecule has 20 heavy (non-hydrogen) atoms. The number of carbonyl (C=O) groups is 2. The molecule has 0 saturated heterocycles. The lowest BCUT2D eigenvalue weighted by Crippen LogP contribution is -2.30. The molecule has 0 aromatic heterocycles. The maximum atomic E-state index is 11.3. The predicted octanol–water partition coefficient (Wildman–Crippen LogP) is 0.365. The first kappa shape index (κ1) is 15.7. The van der Waals surface area contributed by atoms with Crippen LogP contribution in [0.4, 0.5) is 5.69 Å². The molecule has 0 saturated carbocycles. The van der Waals surface area contributed by atoms with Crippen LogP contribution in [0.2, 0.25) is 0 Å². The lowest BCUT2D eigenvalue weighted by atomic mass is 10.0. The molecule has 108 valence electrons. The minimum absolute atomic E-state index is 0.00162. The molecule has 0 aliphatic rings. The van der Waals surface area contributed by atoms with Gasteiger partial charge in [-0.15, -0.1) is 0 Å². The van der Waals surface area contributed by atoms with Gasteiger partial charge in [-0.1, -0.05) is 0 Å². The second-order valence-electron chi connectivity index (χ2n) is 3.83. The Morgan fingerprint density at radius 1 is 1.50 bits per heavy atom. The smallest absolute Gasteiger partial charge is 0.338 e. The summed E-state index contributed by atoms with van der Waals surface area (Å²) in [5.74, 6) is -1.02. The van der Waals surface area contributed by atoms with Gasteiger partial charge in [0.05, 0.1) is 17.1 Å². The van der Waals surface area contributed by atoms with Gasteiger partial charge in [0.1, 0.15) is 6.10 Å². The average molecular weight is 283 g/mol. The molecule has 0 aliphatic carbocycles. The van der Waals surface area contributed by atoms with Crippen LogP contribution in [0.15, 0.2) is 18.2 Å². The quantitative estimate of drug-likeness (QED) is 0.334. The highest BCUT2D eigenvalue weighted by Gasteiger charge is 2.28. The van der Waals surface area contributed by atoms with E-state index in [0.29, 0.717) is 0 Å². The lowest BCUT2D eigenvalue weighted by molar-refractivity contribution is -0.385. The normalized spacial score (nSPS) is 13.3. The lowest BCUT2D eigenvalue weighted by Gasteiger charge is -2.16. The van der Waals surface area contributed by atoms with Crippen LogP contribution in [0.1, 0.15) is 28.9 Å². The number of nitro benzene ring substituents is 1. The molecule has 0 bridgehead atoms. The monoisotopic (exact) mass is 283 g/mol. The fourth-order valence-electron chi connectivity index (χ4n) is 1.56. The van der Waals surface area contributed by atoms with Gasteiger partial charge in [0, 0.05) is 6.07 Å². The first-order chi connectivity index (χ1) is 9.42. The standard InChI is InChI=1S/C12H13NO7/c1-2-20-12(17)11(16)10(15)7-3-4-9(13(18)19)8(5-7)6-14/h3-6,10-11,15-16H,2H2,1H3. The number of aliphatic hydroxyl groups excluding tert-OH is 2. The highest BCUT2D eigenvalue weighted by atomic mass is 16.6.